The lowest BCUT2D eigenvalue weighted by Gasteiger charge is -2.39. The highest BCUT2D eigenvalue weighted by Gasteiger charge is 2.41. The van der Waals surface area contributed by atoms with Crippen molar-refractivity contribution in [1.82, 2.24) is 5.32 Å². The van der Waals surface area contributed by atoms with Crippen LogP contribution in [0.2, 0.25) is 0 Å². The molecule has 0 bridgehead atoms. The highest BCUT2D eigenvalue weighted by Crippen LogP contribution is 2.23. The Kier molecular flexibility index (Phi) is 18.2. The molecule has 1 aliphatic heterocycles. The Morgan fingerprint density at radius 1 is 0.853 bits per heavy atom. The van der Waals surface area contributed by atoms with E-state index in [4.69, 9.17) is 4.99 Å². The van der Waals surface area contributed by atoms with E-state index < -0.39 is 0 Å². The highest BCUT2D eigenvalue weighted by molar-refractivity contribution is 5.78. The second-order valence-electron chi connectivity index (χ2n) is 10.5. The summed E-state index contributed by atoms with van der Waals surface area (Å²) in [6, 6.07) is 0. The summed E-state index contributed by atoms with van der Waals surface area (Å²) >= 11 is 0. The van der Waals surface area contributed by atoms with Crippen molar-refractivity contribution >= 4 is 11.7 Å². The Labute approximate surface area is 212 Å². The summed E-state index contributed by atoms with van der Waals surface area (Å²) in [4.78, 5) is 16.4. The Balaban J connectivity index is 1.94. The molecule has 0 aliphatic carbocycles. The summed E-state index contributed by atoms with van der Waals surface area (Å²) in [6.45, 7) is 11.2. The molecule has 2 unspecified atom stereocenters. The number of nitrogens with one attached hydrogen (secondary N) is 1. The first-order valence-corrected chi connectivity index (χ1v) is 14.9. The van der Waals surface area contributed by atoms with Crippen molar-refractivity contribution in [2.24, 2.45) is 4.99 Å². The largest absolute Gasteiger partial charge is 0.307 e. The molecule has 0 fully saturated rings. The van der Waals surface area contributed by atoms with Gasteiger partial charge in [0, 0.05) is 20.3 Å². The number of quaternary nitrogens is 1. The average molecular weight is 477 g/mol. The Hall–Kier alpha value is -1.16. The number of allylic oxidation sites excluding steroid dienone is 2. The molecule has 0 saturated carbocycles. The van der Waals surface area contributed by atoms with E-state index in [2.05, 4.69) is 38.2 Å². The first-order valence-electron chi connectivity index (χ1n) is 14.9. The first-order chi connectivity index (χ1) is 16.6. The van der Waals surface area contributed by atoms with Gasteiger partial charge in [0.25, 0.3) is 0 Å². The van der Waals surface area contributed by atoms with Crippen LogP contribution in [-0.2, 0) is 4.79 Å². The fourth-order valence-electron chi connectivity index (χ4n) is 5.45. The molecule has 34 heavy (non-hydrogen) atoms. The Morgan fingerprint density at radius 2 is 1.35 bits per heavy atom. The third kappa shape index (κ3) is 13.1. The van der Waals surface area contributed by atoms with Gasteiger partial charge in [-0.05, 0) is 32.6 Å². The zero-order chi connectivity index (χ0) is 24.9. The maximum absolute atomic E-state index is 11.6. The van der Waals surface area contributed by atoms with Gasteiger partial charge in [-0.1, -0.05) is 103 Å². The van der Waals surface area contributed by atoms with Gasteiger partial charge in [-0.2, -0.15) is 0 Å². The highest BCUT2D eigenvalue weighted by atomic mass is 16.1. The molecule has 1 heterocycles. The molecular weight excluding hydrogens is 418 g/mol. The number of carbonyl (C=O) groups excluding carboxylic acids is 1. The first kappa shape index (κ1) is 30.9. The van der Waals surface area contributed by atoms with Gasteiger partial charge in [-0.25, -0.2) is 4.99 Å². The van der Waals surface area contributed by atoms with E-state index in [1.165, 1.54) is 115 Å². The van der Waals surface area contributed by atoms with Crippen molar-refractivity contribution in [2.75, 3.05) is 19.6 Å². The van der Waals surface area contributed by atoms with Crippen molar-refractivity contribution in [3.8, 4) is 0 Å². The number of rotatable bonds is 22. The lowest BCUT2D eigenvalue weighted by Crippen LogP contribution is -2.62. The minimum absolute atomic E-state index is 0.0612. The van der Waals surface area contributed by atoms with E-state index in [0.29, 0.717) is 0 Å². The number of amidine groups is 1. The zero-order valence-corrected chi connectivity index (χ0v) is 23.4. The Bertz CT molecular complexity index is 571. The topological polar surface area (TPSA) is 41.5 Å². The number of aliphatic imine (C=N–C) groups is 1. The van der Waals surface area contributed by atoms with E-state index in [-0.39, 0.29) is 12.1 Å². The van der Waals surface area contributed by atoms with Crippen LogP contribution in [0.1, 0.15) is 143 Å². The standard InChI is InChI=1S/C30H57N3O/c1-5-7-8-9-10-11-12-13-14-15-16-17-18-19-20-21-22-23-24-25-30-31-26-27-33(30,6-2)28(3)32-29(4)34/h8-9,28H,5-7,10-27H2,1-4H3/p+1/b9-8+. The minimum Gasteiger partial charge on any atom is -0.307 e. The number of nitrogens with zero attached hydrogens (tertiary/aromatic N) is 2. The number of hydrogen-bond donors (Lipinski definition) is 1. The molecule has 4 nitrogen and oxygen atoms in total. The third-order valence-electron chi connectivity index (χ3n) is 7.67. The zero-order valence-electron chi connectivity index (χ0n) is 23.4. The molecule has 0 aromatic rings. The van der Waals surface area contributed by atoms with Crippen molar-refractivity contribution in [3.63, 3.8) is 0 Å². The molecule has 1 rings (SSSR count). The molecule has 1 N–H and O–H groups in total. The lowest BCUT2D eigenvalue weighted by molar-refractivity contribution is -0.861. The van der Waals surface area contributed by atoms with Crippen LogP contribution in [0.4, 0.5) is 0 Å². The fraction of sp³-hybridized carbons (Fsp3) is 0.867. The molecule has 0 spiro atoms. The molecular formula is C30H58N3O+. The summed E-state index contributed by atoms with van der Waals surface area (Å²) in [5.41, 5.74) is 0. The molecule has 0 saturated heterocycles. The summed E-state index contributed by atoms with van der Waals surface area (Å²) < 4.78 is 0.857. The van der Waals surface area contributed by atoms with Crippen LogP contribution >= 0.6 is 0 Å². The Morgan fingerprint density at radius 3 is 1.85 bits per heavy atom. The van der Waals surface area contributed by atoms with Crippen molar-refractivity contribution in [3.05, 3.63) is 12.2 Å². The van der Waals surface area contributed by atoms with Crippen LogP contribution in [0.5, 0.6) is 0 Å². The smallest absolute Gasteiger partial charge is 0.221 e. The van der Waals surface area contributed by atoms with Gasteiger partial charge in [-0.3, -0.25) is 9.28 Å². The molecule has 0 aromatic carbocycles. The third-order valence-corrected chi connectivity index (χ3v) is 7.67. The van der Waals surface area contributed by atoms with E-state index in [1.54, 1.807) is 6.92 Å². The number of amides is 1. The summed E-state index contributed by atoms with van der Waals surface area (Å²) in [5.74, 6) is 1.37. The minimum atomic E-state index is 0.0612. The van der Waals surface area contributed by atoms with Gasteiger partial charge in [0.05, 0.1) is 13.1 Å². The van der Waals surface area contributed by atoms with Crippen LogP contribution < -0.4 is 5.32 Å². The molecule has 0 aromatic heterocycles. The van der Waals surface area contributed by atoms with Gasteiger partial charge in [-0.15, -0.1) is 0 Å². The van der Waals surface area contributed by atoms with E-state index >= 15 is 0 Å². The fourth-order valence-corrected chi connectivity index (χ4v) is 5.45. The van der Waals surface area contributed by atoms with Crippen LogP contribution in [0.3, 0.4) is 0 Å². The molecule has 1 amide bonds. The number of carbonyl (C=O) groups is 1. The molecule has 1 aliphatic rings. The summed E-state index contributed by atoms with van der Waals surface area (Å²) in [6.07, 6.45) is 29.2. The molecule has 198 valence electrons. The van der Waals surface area contributed by atoms with E-state index in [0.717, 1.165) is 30.5 Å². The van der Waals surface area contributed by atoms with Crippen LogP contribution in [-0.4, -0.2) is 42.0 Å². The maximum Gasteiger partial charge on any atom is 0.221 e. The monoisotopic (exact) mass is 476 g/mol. The van der Waals surface area contributed by atoms with Crippen molar-refractivity contribution in [1.29, 1.82) is 0 Å². The van der Waals surface area contributed by atoms with Crippen LogP contribution in [0, 0.1) is 0 Å². The predicted molar refractivity (Wildman–Crippen MR) is 149 cm³/mol. The quantitative estimate of drug-likeness (QED) is 0.0952. The van der Waals surface area contributed by atoms with E-state index in [1.807, 2.05) is 0 Å². The van der Waals surface area contributed by atoms with Crippen LogP contribution in [0.25, 0.3) is 0 Å². The number of hydrogen-bond acceptors (Lipinski definition) is 2. The molecule has 0 radical (unpaired) electrons. The number of likely N-dealkylation sites (N-methyl/N-ethyl adjacent to an activating group) is 1. The molecule has 4 heteroatoms. The van der Waals surface area contributed by atoms with Crippen molar-refractivity contribution in [2.45, 2.75) is 149 Å². The van der Waals surface area contributed by atoms with Gasteiger partial charge >= 0.3 is 0 Å². The average Bonchev–Trinajstić information content (AvgIpc) is 3.24. The normalized spacial score (nSPS) is 19.0. The van der Waals surface area contributed by atoms with Crippen LogP contribution in [0.15, 0.2) is 17.1 Å². The number of unbranched alkanes of at least 4 members (excludes halogenated alkanes) is 15. The maximum atomic E-state index is 11.6. The summed E-state index contributed by atoms with van der Waals surface area (Å²) in [5, 5.41) is 3.12. The molecule has 2 atom stereocenters. The SMILES string of the molecule is CCC/C=C/CCCCCCCCCCCCCCCCC1=NCC[N+]1(CC)C(C)NC(C)=O. The van der Waals surface area contributed by atoms with Gasteiger partial charge in [0.1, 0.15) is 6.54 Å². The van der Waals surface area contributed by atoms with Gasteiger partial charge in [0.2, 0.25) is 5.91 Å². The van der Waals surface area contributed by atoms with Gasteiger partial charge < -0.3 is 5.32 Å². The van der Waals surface area contributed by atoms with E-state index in [9.17, 15) is 4.79 Å². The van der Waals surface area contributed by atoms with Gasteiger partial charge in [0.15, 0.2) is 12.0 Å². The summed E-state index contributed by atoms with van der Waals surface area (Å²) in [7, 11) is 0. The van der Waals surface area contributed by atoms with Crippen molar-refractivity contribution < 1.29 is 9.28 Å². The second-order valence-corrected chi connectivity index (χ2v) is 10.5. The lowest BCUT2D eigenvalue weighted by atomic mass is 10.0. The second kappa shape index (κ2) is 20.1. The predicted octanol–water partition coefficient (Wildman–Crippen LogP) is 8.32.